The summed E-state index contributed by atoms with van der Waals surface area (Å²) in [4.78, 5) is 0. The molecule has 2 unspecified atom stereocenters. The van der Waals surface area contributed by atoms with Gasteiger partial charge in [0.1, 0.15) is 5.75 Å². The Kier molecular flexibility index (Phi) is 6.81. The first-order valence-electron chi connectivity index (χ1n) is 9.24. The minimum absolute atomic E-state index is 0.314. The van der Waals surface area contributed by atoms with Gasteiger partial charge in [-0.3, -0.25) is 5.32 Å². The van der Waals surface area contributed by atoms with E-state index in [-0.39, 0.29) is 5.54 Å². The fourth-order valence-electron chi connectivity index (χ4n) is 2.91. The fourth-order valence-corrected chi connectivity index (χ4v) is 2.91. The molecule has 0 aliphatic rings. The molecular formula is C22H31NO3. The molecule has 0 saturated carbocycles. The molecular weight excluding hydrogens is 326 g/mol. The van der Waals surface area contributed by atoms with Gasteiger partial charge >= 0.3 is 0 Å². The standard InChI is InChI=1S/C22H31NO3/c1-5-22(25,23-21(2,3)4)26-20-14-10-9-13-18(20)19(24)16-15-17-11-7-6-8-12-17/h6-14,19,23-25H,5,15-16H2,1-4H3. The van der Waals surface area contributed by atoms with Gasteiger partial charge in [0.15, 0.2) is 0 Å². The zero-order valence-corrected chi connectivity index (χ0v) is 16.2. The maximum absolute atomic E-state index is 10.8. The van der Waals surface area contributed by atoms with Crippen LogP contribution in [0.5, 0.6) is 5.75 Å². The average Bonchev–Trinajstić information content (AvgIpc) is 2.59. The van der Waals surface area contributed by atoms with Gasteiger partial charge < -0.3 is 14.9 Å². The number of aliphatic hydroxyl groups is 2. The van der Waals surface area contributed by atoms with Crippen molar-refractivity contribution in [1.82, 2.24) is 5.32 Å². The van der Waals surface area contributed by atoms with Crippen LogP contribution in [-0.4, -0.2) is 21.7 Å². The molecule has 0 fully saturated rings. The first-order chi connectivity index (χ1) is 12.2. The molecule has 0 aliphatic carbocycles. The molecule has 3 N–H and O–H groups in total. The van der Waals surface area contributed by atoms with E-state index in [9.17, 15) is 10.2 Å². The van der Waals surface area contributed by atoms with Crippen LogP contribution in [0, 0.1) is 0 Å². The van der Waals surface area contributed by atoms with Crippen LogP contribution in [0.2, 0.25) is 0 Å². The lowest BCUT2D eigenvalue weighted by Crippen LogP contribution is -2.57. The number of ether oxygens (including phenoxy) is 1. The Morgan fingerprint density at radius 2 is 1.62 bits per heavy atom. The van der Waals surface area contributed by atoms with Crippen LogP contribution in [-0.2, 0) is 6.42 Å². The van der Waals surface area contributed by atoms with Crippen LogP contribution in [0.4, 0.5) is 0 Å². The number of hydrogen-bond donors (Lipinski definition) is 3. The van der Waals surface area contributed by atoms with E-state index in [1.807, 2.05) is 64.1 Å². The van der Waals surface area contributed by atoms with Gasteiger partial charge in [0, 0.05) is 17.5 Å². The number of para-hydroxylation sites is 1. The zero-order valence-electron chi connectivity index (χ0n) is 16.2. The Labute approximate surface area is 156 Å². The highest BCUT2D eigenvalue weighted by Crippen LogP contribution is 2.31. The van der Waals surface area contributed by atoms with Gasteiger partial charge in [-0.15, -0.1) is 0 Å². The lowest BCUT2D eigenvalue weighted by atomic mass is 10.0. The van der Waals surface area contributed by atoms with Crippen molar-refractivity contribution in [3.05, 3.63) is 65.7 Å². The molecule has 0 spiro atoms. The van der Waals surface area contributed by atoms with Gasteiger partial charge in [-0.25, -0.2) is 0 Å². The predicted octanol–water partition coefficient (Wildman–Crippen LogP) is 4.18. The number of benzene rings is 2. The van der Waals surface area contributed by atoms with E-state index in [1.54, 1.807) is 6.07 Å². The normalized spacial score (nSPS) is 15.3. The van der Waals surface area contributed by atoms with Gasteiger partial charge in [0.25, 0.3) is 5.91 Å². The van der Waals surface area contributed by atoms with Crippen molar-refractivity contribution in [2.24, 2.45) is 0 Å². The lowest BCUT2D eigenvalue weighted by molar-refractivity contribution is -0.178. The van der Waals surface area contributed by atoms with E-state index in [1.165, 1.54) is 5.56 Å². The second-order valence-electron chi connectivity index (χ2n) is 7.69. The van der Waals surface area contributed by atoms with E-state index in [4.69, 9.17) is 4.74 Å². The van der Waals surface area contributed by atoms with Crippen molar-refractivity contribution in [3.63, 3.8) is 0 Å². The van der Waals surface area contributed by atoms with E-state index >= 15 is 0 Å². The minimum atomic E-state index is -1.49. The number of rotatable bonds is 8. The van der Waals surface area contributed by atoms with Gasteiger partial charge in [-0.05, 0) is 45.2 Å². The number of nitrogens with one attached hydrogen (secondary N) is 1. The highest BCUT2D eigenvalue weighted by atomic mass is 16.6. The summed E-state index contributed by atoms with van der Waals surface area (Å²) >= 11 is 0. The highest BCUT2D eigenvalue weighted by Gasteiger charge is 2.32. The van der Waals surface area contributed by atoms with Crippen molar-refractivity contribution in [2.45, 2.75) is 64.5 Å². The SMILES string of the molecule is CCC(O)(NC(C)(C)C)Oc1ccccc1C(O)CCc1ccccc1. The Morgan fingerprint density at radius 3 is 2.23 bits per heavy atom. The summed E-state index contributed by atoms with van der Waals surface area (Å²) in [6.07, 6.45) is 1.07. The predicted molar refractivity (Wildman–Crippen MR) is 105 cm³/mol. The number of aliphatic hydroxyl groups excluding tert-OH is 1. The van der Waals surface area contributed by atoms with Gasteiger partial charge in [0.2, 0.25) is 0 Å². The smallest absolute Gasteiger partial charge is 0.268 e. The Morgan fingerprint density at radius 1 is 1.00 bits per heavy atom. The van der Waals surface area contributed by atoms with Crippen LogP contribution in [0.3, 0.4) is 0 Å². The van der Waals surface area contributed by atoms with E-state index in [0.29, 0.717) is 24.2 Å². The summed E-state index contributed by atoms with van der Waals surface area (Å²) in [6.45, 7) is 7.76. The zero-order chi connectivity index (χ0) is 19.2. The summed E-state index contributed by atoms with van der Waals surface area (Å²) in [5, 5.41) is 24.6. The van der Waals surface area contributed by atoms with Crippen LogP contribution < -0.4 is 10.1 Å². The molecule has 0 radical (unpaired) electrons. The monoisotopic (exact) mass is 357 g/mol. The second-order valence-corrected chi connectivity index (χ2v) is 7.69. The van der Waals surface area contributed by atoms with Crippen LogP contribution in [0.15, 0.2) is 54.6 Å². The summed E-state index contributed by atoms with van der Waals surface area (Å²) in [5.74, 6) is -0.998. The lowest BCUT2D eigenvalue weighted by Gasteiger charge is -2.36. The molecule has 0 aromatic heterocycles. The minimum Gasteiger partial charge on any atom is -0.449 e. The Bertz CT molecular complexity index is 681. The second kappa shape index (κ2) is 8.67. The van der Waals surface area contributed by atoms with Crippen molar-refractivity contribution in [3.8, 4) is 5.75 Å². The molecule has 26 heavy (non-hydrogen) atoms. The van der Waals surface area contributed by atoms with E-state index in [2.05, 4.69) is 17.4 Å². The third kappa shape index (κ3) is 6.13. The van der Waals surface area contributed by atoms with Gasteiger partial charge in [-0.1, -0.05) is 55.5 Å². The first-order valence-corrected chi connectivity index (χ1v) is 9.24. The van der Waals surface area contributed by atoms with Crippen molar-refractivity contribution in [1.29, 1.82) is 0 Å². The third-order valence-corrected chi connectivity index (χ3v) is 4.16. The maximum Gasteiger partial charge on any atom is 0.268 e. The fraction of sp³-hybridized carbons (Fsp3) is 0.455. The maximum atomic E-state index is 10.8. The molecule has 0 saturated heterocycles. The van der Waals surface area contributed by atoms with Crippen LogP contribution in [0.25, 0.3) is 0 Å². The number of hydrogen-bond acceptors (Lipinski definition) is 4. The van der Waals surface area contributed by atoms with E-state index in [0.717, 1.165) is 6.42 Å². The summed E-state index contributed by atoms with van der Waals surface area (Å²) in [5.41, 5.74) is 1.56. The quantitative estimate of drug-likeness (QED) is 0.620. The molecule has 2 aromatic rings. The molecule has 0 aliphatic heterocycles. The van der Waals surface area contributed by atoms with Crippen LogP contribution >= 0.6 is 0 Å². The molecule has 2 aromatic carbocycles. The van der Waals surface area contributed by atoms with Crippen molar-refractivity contribution >= 4 is 0 Å². The Hall–Kier alpha value is -1.88. The number of aryl methyl sites for hydroxylation is 1. The molecule has 0 bridgehead atoms. The molecule has 0 heterocycles. The molecule has 142 valence electrons. The Balaban J connectivity index is 2.13. The summed E-state index contributed by atoms with van der Waals surface area (Å²) in [7, 11) is 0. The topological polar surface area (TPSA) is 61.7 Å². The largest absolute Gasteiger partial charge is 0.449 e. The molecule has 4 heteroatoms. The van der Waals surface area contributed by atoms with Crippen molar-refractivity contribution < 1.29 is 14.9 Å². The highest BCUT2D eigenvalue weighted by molar-refractivity contribution is 5.35. The first kappa shape index (κ1) is 20.4. The molecule has 2 atom stereocenters. The molecule has 4 nitrogen and oxygen atoms in total. The molecule has 0 amide bonds. The van der Waals surface area contributed by atoms with Crippen LogP contribution in [0.1, 0.15) is 57.8 Å². The van der Waals surface area contributed by atoms with E-state index < -0.39 is 12.0 Å². The van der Waals surface area contributed by atoms with Gasteiger partial charge in [0.05, 0.1) is 6.10 Å². The summed E-state index contributed by atoms with van der Waals surface area (Å²) in [6, 6.07) is 17.4. The van der Waals surface area contributed by atoms with Gasteiger partial charge in [-0.2, -0.15) is 0 Å². The molecule has 2 rings (SSSR count). The van der Waals surface area contributed by atoms with Crippen molar-refractivity contribution in [2.75, 3.05) is 0 Å². The third-order valence-electron chi connectivity index (χ3n) is 4.16. The summed E-state index contributed by atoms with van der Waals surface area (Å²) < 4.78 is 5.92. The average molecular weight is 357 g/mol.